The van der Waals surface area contributed by atoms with E-state index in [0.717, 1.165) is 10.1 Å². The number of hydrogen-bond donors (Lipinski definition) is 2. The van der Waals surface area contributed by atoms with Crippen molar-refractivity contribution in [2.75, 3.05) is 0 Å². The molecule has 0 amide bonds. The van der Waals surface area contributed by atoms with Gasteiger partial charge in [0, 0.05) is 17.8 Å². The van der Waals surface area contributed by atoms with Crippen LogP contribution in [0.5, 0.6) is 0 Å². The number of benzene rings is 1. The molecule has 122 valence electrons. The van der Waals surface area contributed by atoms with Gasteiger partial charge in [-0.25, -0.2) is 14.3 Å². The van der Waals surface area contributed by atoms with E-state index < -0.39 is 5.97 Å². The van der Waals surface area contributed by atoms with Crippen LogP contribution in [0.2, 0.25) is 0 Å². The van der Waals surface area contributed by atoms with E-state index in [-0.39, 0.29) is 16.8 Å². The molecule has 0 atom stereocenters. The molecule has 6 heteroatoms. The molecular formula is C18H17N3O3. The lowest BCUT2D eigenvalue weighted by Crippen LogP contribution is -2.15. The second-order valence-electron chi connectivity index (χ2n) is 6.23. The third-order valence-electron chi connectivity index (χ3n) is 4.76. The van der Waals surface area contributed by atoms with Gasteiger partial charge in [0.15, 0.2) is 5.65 Å². The first kappa shape index (κ1) is 14.7. The van der Waals surface area contributed by atoms with Gasteiger partial charge < -0.3 is 5.11 Å². The Morgan fingerprint density at radius 2 is 1.92 bits per heavy atom. The van der Waals surface area contributed by atoms with Crippen molar-refractivity contribution in [1.29, 1.82) is 0 Å². The Balaban J connectivity index is 1.77. The molecule has 0 saturated heterocycles. The van der Waals surface area contributed by atoms with E-state index in [1.165, 1.54) is 43.5 Å². The van der Waals surface area contributed by atoms with Crippen LogP contribution in [0.4, 0.5) is 0 Å². The lowest BCUT2D eigenvalue weighted by Gasteiger charge is -2.10. The Morgan fingerprint density at radius 1 is 1.21 bits per heavy atom. The predicted molar refractivity (Wildman–Crippen MR) is 89.4 cm³/mol. The Morgan fingerprint density at radius 3 is 2.58 bits per heavy atom. The first-order valence-electron chi connectivity index (χ1n) is 8.08. The Kier molecular flexibility index (Phi) is 3.45. The first-order valence-corrected chi connectivity index (χ1v) is 8.08. The van der Waals surface area contributed by atoms with Gasteiger partial charge in [0.25, 0.3) is 5.56 Å². The number of hydrogen-bond acceptors (Lipinski definition) is 3. The standard InChI is InChI=1S/C18H17N3O3/c22-16-9-15(20-17-14(18(23)24)10-19-21(16)17)13-7-5-12(6-8-13)11-3-1-2-4-11/h5-11,19H,1-4H2,(H,23,24). The van der Waals surface area contributed by atoms with E-state index >= 15 is 0 Å². The Hall–Kier alpha value is -2.89. The fourth-order valence-corrected chi connectivity index (χ4v) is 3.47. The number of carbonyl (C=O) groups is 1. The number of nitrogens with zero attached hydrogens (tertiary/aromatic N) is 2. The molecule has 0 unspecified atom stereocenters. The van der Waals surface area contributed by atoms with Crippen LogP contribution in [0.25, 0.3) is 16.9 Å². The summed E-state index contributed by atoms with van der Waals surface area (Å²) in [6.45, 7) is 0. The number of aromatic nitrogens is 3. The van der Waals surface area contributed by atoms with Crippen LogP contribution in [0.1, 0.15) is 47.5 Å². The van der Waals surface area contributed by atoms with Crippen LogP contribution in [-0.4, -0.2) is 25.7 Å². The minimum absolute atomic E-state index is 0.0171. The van der Waals surface area contributed by atoms with Gasteiger partial charge in [-0.15, -0.1) is 0 Å². The SMILES string of the molecule is O=C(O)c1c[nH]n2c(=O)cc(-c3ccc(C4CCCC4)cc3)nc12. The van der Waals surface area contributed by atoms with E-state index in [4.69, 9.17) is 0 Å². The molecule has 0 spiro atoms. The Bertz CT molecular complexity index is 963. The number of carboxylic acids is 1. The van der Waals surface area contributed by atoms with Crippen LogP contribution >= 0.6 is 0 Å². The highest BCUT2D eigenvalue weighted by molar-refractivity contribution is 5.94. The first-order chi connectivity index (χ1) is 11.6. The lowest BCUT2D eigenvalue weighted by atomic mass is 9.96. The van der Waals surface area contributed by atoms with Crippen molar-refractivity contribution >= 4 is 11.6 Å². The summed E-state index contributed by atoms with van der Waals surface area (Å²) in [5.41, 5.74) is 2.40. The van der Waals surface area contributed by atoms with Gasteiger partial charge in [0.2, 0.25) is 0 Å². The van der Waals surface area contributed by atoms with Crippen molar-refractivity contribution in [3.05, 3.63) is 58.0 Å². The normalized spacial score (nSPS) is 15.2. The highest BCUT2D eigenvalue weighted by Crippen LogP contribution is 2.34. The van der Waals surface area contributed by atoms with E-state index in [0.29, 0.717) is 11.6 Å². The molecule has 4 rings (SSSR count). The topological polar surface area (TPSA) is 87.5 Å². The second kappa shape index (κ2) is 5.63. The van der Waals surface area contributed by atoms with E-state index in [9.17, 15) is 14.7 Å². The number of aromatic carboxylic acids is 1. The molecule has 2 heterocycles. The molecular weight excluding hydrogens is 306 g/mol. The van der Waals surface area contributed by atoms with Gasteiger partial charge in [0.05, 0.1) is 5.69 Å². The van der Waals surface area contributed by atoms with E-state index in [1.807, 2.05) is 12.1 Å². The summed E-state index contributed by atoms with van der Waals surface area (Å²) >= 11 is 0. The lowest BCUT2D eigenvalue weighted by molar-refractivity contribution is 0.0699. The van der Waals surface area contributed by atoms with Crippen LogP contribution in [-0.2, 0) is 0 Å². The third-order valence-corrected chi connectivity index (χ3v) is 4.76. The van der Waals surface area contributed by atoms with Gasteiger partial charge in [-0.1, -0.05) is 37.1 Å². The molecule has 1 saturated carbocycles. The summed E-state index contributed by atoms with van der Waals surface area (Å²) in [4.78, 5) is 27.8. The summed E-state index contributed by atoms with van der Waals surface area (Å²) in [6.07, 6.45) is 6.31. The molecule has 24 heavy (non-hydrogen) atoms. The van der Waals surface area contributed by atoms with Crippen molar-refractivity contribution in [1.82, 2.24) is 14.6 Å². The second-order valence-corrected chi connectivity index (χ2v) is 6.23. The minimum Gasteiger partial charge on any atom is -0.477 e. The molecule has 1 fully saturated rings. The monoisotopic (exact) mass is 323 g/mol. The summed E-state index contributed by atoms with van der Waals surface area (Å²) < 4.78 is 1.14. The van der Waals surface area contributed by atoms with Gasteiger partial charge in [-0.2, -0.15) is 0 Å². The van der Waals surface area contributed by atoms with Crippen LogP contribution < -0.4 is 5.56 Å². The maximum Gasteiger partial charge on any atom is 0.341 e. The smallest absolute Gasteiger partial charge is 0.341 e. The van der Waals surface area contributed by atoms with Crippen molar-refractivity contribution in [2.45, 2.75) is 31.6 Å². The number of nitrogens with one attached hydrogen (secondary N) is 1. The predicted octanol–water partition coefficient (Wildman–Crippen LogP) is 3.05. The highest BCUT2D eigenvalue weighted by Gasteiger charge is 2.18. The quantitative estimate of drug-likeness (QED) is 0.775. The molecule has 2 aromatic heterocycles. The number of aromatic amines is 1. The van der Waals surface area contributed by atoms with Gasteiger partial charge in [-0.05, 0) is 24.3 Å². The van der Waals surface area contributed by atoms with E-state index in [2.05, 4.69) is 22.2 Å². The molecule has 1 aliphatic carbocycles. The number of rotatable bonds is 3. The van der Waals surface area contributed by atoms with Crippen molar-refractivity contribution in [2.24, 2.45) is 0 Å². The molecule has 0 aliphatic heterocycles. The maximum atomic E-state index is 12.2. The minimum atomic E-state index is -1.12. The van der Waals surface area contributed by atoms with Crippen LogP contribution in [0, 0.1) is 0 Å². The molecule has 0 bridgehead atoms. The number of fused-ring (bicyclic) bond motifs is 1. The zero-order chi connectivity index (χ0) is 16.7. The molecule has 1 aromatic carbocycles. The molecule has 3 aromatic rings. The van der Waals surface area contributed by atoms with Crippen molar-refractivity contribution in [3.63, 3.8) is 0 Å². The molecule has 2 N–H and O–H groups in total. The Labute approximate surface area is 137 Å². The van der Waals surface area contributed by atoms with Gasteiger partial charge in [0.1, 0.15) is 5.56 Å². The van der Waals surface area contributed by atoms with Crippen molar-refractivity contribution < 1.29 is 9.90 Å². The van der Waals surface area contributed by atoms with Gasteiger partial charge >= 0.3 is 5.97 Å². The number of carboxylic acid groups (broad SMARTS) is 1. The largest absolute Gasteiger partial charge is 0.477 e. The average molecular weight is 323 g/mol. The fourth-order valence-electron chi connectivity index (χ4n) is 3.47. The zero-order valence-corrected chi connectivity index (χ0v) is 13.0. The zero-order valence-electron chi connectivity index (χ0n) is 13.0. The van der Waals surface area contributed by atoms with Crippen molar-refractivity contribution in [3.8, 4) is 11.3 Å². The summed E-state index contributed by atoms with van der Waals surface area (Å²) in [5, 5.41) is 11.8. The molecule has 6 nitrogen and oxygen atoms in total. The summed E-state index contributed by atoms with van der Waals surface area (Å²) in [6, 6.07) is 9.51. The summed E-state index contributed by atoms with van der Waals surface area (Å²) in [5.74, 6) is -0.488. The third kappa shape index (κ3) is 2.40. The average Bonchev–Trinajstić information content (AvgIpc) is 3.24. The van der Waals surface area contributed by atoms with Crippen LogP contribution in [0.3, 0.4) is 0 Å². The summed E-state index contributed by atoms with van der Waals surface area (Å²) in [7, 11) is 0. The maximum absolute atomic E-state index is 12.2. The van der Waals surface area contributed by atoms with Crippen LogP contribution in [0.15, 0.2) is 41.3 Å². The van der Waals surface area contributed by atoms with E-state index in [1.54, 1.807) is 0 Å². The molecule has 1 aliphatic rings. The van der Waals surface area contributed by atoms with Gasteiger partial charge in [-0.3, -0.25) is 9.89 Å². The molecule has 0 radical (unpaired) electrons. The fraction of sp³-hybridized carbons (Fsp3) is 0.278. The highest BCUT2D eigenvalue weighted by atomic mass is 16.4. The number of H-pyrrole nitrogens is 1.